The van der Waals surface area contributed by atoms with Gasteiger partial charge in [0.15, 0.2) is 5.76 Å². The number of methoxy groups -OCH3 is 1. The van der Waals surface area contributed by atoms with Gasteiger partial charge < -0.3 is 19.8 Å². The van der Waals surface area contributed by atoms with E-state index in [9.17, 15) is 4.79 Å². The Morgan fingerprint density at radius 1 is 1.09 bits per heavy atom. The Labute approximate surface area is 133 Å². The Morgan fingerprint density at radius 2 is 1.87 bits per heavy atom. The molecule has 0 saturated heterocycles. The van der Waals surface area contributed by atoms with Crippen molar-refractivity contribution in [1.82, 2.24) is 4.98 Å². The highest BCUT2D eigenvalue weighted by molar-refractivity contribution is 6.01. The van der Waals surface area contributed by atoms with E-state index in [1.54, 1.807) is 31.5 Å². The zero-order valence-corrected chi connectivity index (χ0v) is 12.4. The number of nitrogens with zero attached hydrogens (tertiary/aromatic N) is 1. The summed E-state index contributed by atoms with van der Waals surface area (Å²) >= 11 is 0. The van der Waals surface area contributed by atoms with Gasteiger partial charge in [-0.15, -0.1) is 0 Å². The second-order valence-corrected chi connectivity index (χ2v) is 4.72. The minimum Gasteiger partial charge on any atom is -0.497 e. The van der Waals surface area contributed by atoms with E-state index in [0.717, 1.165) is 17.1 Å². The van der Waals surface area contributed by atoms with E-state index in [4.69, 9.17) is 9.15 Å². The smallest absolute Gasteiger partial charge is 0.292 e. The second-order valence-electron chi connectivity index (χ2n) is 4.72. The van der Waals surface area contributed by atoms with Crippen molar-refractivity contribution in [1.29, 1.82) is 0 Å². The molecule has 116 valence electrons. The summed E-state index contributed by atoms with van der Waals surface area (Å²) in [5, 5.41) is 5.88. The number of hydrogen-bond acceptors (Lipinski definition) is 5. The Morgan fingerprint density at radius 3 is 2.48 bits per heavy atom. The van der Waals surface area contributed by atoms with Crippen LogP contribution < -0.4 is 15.4 Å². The first-order valence-corrected chi connectivity index (χ1v) is 6.96. The number of carbonyl (C=O) groups is 1. The molecule has 0 radical (unpaired) electrons. The third kappa shape index (κ3) is 3.68. The highest BCUT2D eigenvalue weighted by atomic mass is 16.5. The number of aromatic nitrogens is 1. The maximum absolute atomic E-state index is 11.8. The van der Waals surface area contributed by atoms with Crippen molar-refractivity contribution in [2.24, 2.45) is 0 Å². The molecule has 2 aromatic heterocycles. The predicted octanol–water partition coefficient (Wildman–Crippen LogP) is 3.68. The van der Waals surface area contributed by atoms with E-state index < -0.39 is 0 Å². The van der Waals surface area contributed by atoms with Crippen LogP contribution in [0.15, 0.2) is 65.4 Å². The molecule has 3 aromatic rings. The van der Waals surface area contributed by atoms with Gasteiger partial charge in [0.25, 0.3) is 5.91 Å². The molecule has 2 N–H and O–H groups in total. The van der Waals surface area contributed by atoms with Crippen molar-refractivity contribution in [3.8, 4) is 5.75 Å². The highest BCUT2D eigenvalue weighted by Crippen LogP contribution is 2.20. The Bertz CT molecular complexity index is 766. The first-order chi connectivity index (χ1) is 11.2. The van der Waals surface area contributed by atoms with Gasteiger partial charge in [0.2, 0.25) is 0 Å². The quantitative estimate of drug-likeness (QED) is 0.752. The maximum Gasteiger partial charge on any atom is 0.292 e. The van der Waals surface area contributed by atoms with Crippen LogP contribution in [0.5, 0.6) is 5.75 Å². The number of rotatable bonds is 5. The number of anilines is 3. The average molecular weight is 309 g/mol. The van der Waals surface area contributed by atoms with Gasteiger partial charge in [-0.1, -0.05) is 0 Å². The molecule has 0 atom stereocenters. The van der Waals surface area contributed by atoms with Crippen LogP contribution in [-0.4, -0.2) is 18.0 Å². The van der Waals surface area contributed by atoms with Crippen LogP contribution in [0.3, 0.4) is 0 Å². The van der Waals surface area contributed by atoms with Crippen LogP contribution in [0.1, 0.15) is 10.6 Å². The summed E-state index contributed by atoms with van der Waals surface area (Å²) in [5.41, 5.74) is 1.73. The number of nitrogens with one attached hydrogen (secondary N) is 2. The van der Waals surface area contributed by atoms with Crippen LogP contribution in [0.2, 0.25) is 0 Å². The van der Waals surface area contributed by atoms with Gasteiger partial charge in [-0.25, -0.2) is 4.98 Å². The van der Waals surface area contributed by atoms with E-state index in [0.29, 0.717) is 5.82 Å². The van der Waals surface area contributed by atoms with Crippen molar-refractivity contribution in [3.63, 3.8) is 0 Å². The van der Waals surface area contributed by atoms with Gasteiger partial charge in [-0.05, 0) is 48.5 Å². The fourth-order valence-electron chi connectivity index (χ4n) is 1.97. The summed E-state index contributed by atoms with van der Waals surface area (Å²) in [4.78, 5) is 16.0. The number of amides is 1. The third-order valence-corrected chi connectivity index (χ3v) is 3.13. The Hall–Kier alpha value is -3.28. The number of ether oxygens (including phenoxy) is 1. The van der Waals surface area contributed by atoms with Crippen molar-refractivity contribution in [2.45, 2.75) is 0 Å². The van der Waals surface area contributed by atoms with E-state index in [1.807, 2.05) is 30.3 Å². The van der Waals surface area contributed by atoms with Crippen molar-refractivity contribution < 1.29 is 13.9 Å². The van der Waals surface area contributed by atoms with Gasteiger partial charge in [0.05, 0.1) is 25.3 Å². The first kappa shape index (κ1) is 14.6. The van der Waals surface area contributed by atoms with E-state index in [2.05, 4.69) is 15.6 Å². The van der Waals surface area contributed by atoms with Crippen LogP contribution in [0, 0.1) is 0 Å². The molecule has 0 fully saturated rings. The minimum atomic E-state index is -0.335. The van der Waals surface area contributed by atoms with Crippen LogP contribution in [-0.2, 0) is 0 Å². The lowest BCUT2D eigenvalue weighted by atomic mass is 10.3. The second kappa shape index (κ2) is 6.65. The molecule has 3 rings (SSSR count). The maximum atomic E-state index is 11.8. The lowest BCUT2D eigenvalue weighted by Gasteiger charge is -2.08. The molecule has 0 unspecified atom stereocenters. The predicted molar refractivity (Wildman–Crippen MR) is 87.2 cm³/mol. The normalized spacial score (nSPS) is 10.1. The molecular formula is C17H15N3O3. The van der Waals surface area contributed by atoms with E-state index in [-0.39, 0.29) is 11.7 Å². The molecule has 23 heavy (non-hydrogen) atoms. The number of benzene rings is 1. The van der Waals surface area contributed by atoms with Crippen molar-refractivity contribution in [3.05, 3.63) is 66.8 Å². The zero-order valence-electron chi connectivity index (χ0n) is 12.4. The van der Waals surface area contributed by atoms with Gasteiger partial charge in [-0.3, -0.25) is 4.79 Å². The topological polar surface area (TPSA) is 76.4 Å². The van der Waals surface area contributed by atoms with Gasteiger partial charge in [0, 0.05) is 5.69 Å². The fourth-order valence-corrected chi connectivity index (χ4v) is 1.97. The molecule has 0 aliphatic heterocycles. The molecule has 0 aliphatic rings. The van der Waals surface area contributed by atoms with E-state index >= 15 is 0 Å². The van der Waals surface area contributed by atoms with Crippen LogP contribution >= 0.6 is 0 Å². The molecule has 6 nitrogen and oxygen atoms in total. The molecule has 0 saturated carbocycles. The summed E-state index contributed by atoms with van der Waals surface area (Å²) < 4.78 is 10.1. The minimum absolute atomic E-state index is 0.243. The SMILES string of the molecule is COc1ccc(Nc2ccc(NC(=O)c3ccco3)nc2)cc1. The van der Waals surface area contributed by atoms with E-state index in [1.165, 1.54) is 6.26 Å². The standard InChI is InChI=1S/C17H15N3O3/c1-22-14-7-4-12(5-8-14)19-13-6-9-16(18-11-13)20-17(21)15-3-2-10-23-15/h2-11,19H,1H3,(H,18,20,21). The molecular weight excluding hydrogens is 294 g/mol. The van der Waals surface area contributed by atoms with Gasteiger partial charge in [0.1, 0.15) is 11.6 Å². The van der Waals surface area contributed by atoms with Gasteiger partial charge in [-0.2, -0.15) is 0 Å². The molecule has 1 aromatic carbocycles. The lowest BCUT2D eigenvalue weighted by Crippen LogP contribution is -2.11. The molecule has 1 amide bonds. The number of furan rings is 1. The van der Waals surface area contributed by atoms with Crippen molar-refractivity contribution >= 4 is 23.1 Å². The lowest BCUT2D eigenvalue weighted by molar-refractivity contribution is 0.0996. The first-order valence-electron chi connectivity index (χ1n) is 6.96. The molecule has 6 heteroatoms. The summed E-state index contributed by atoms with van der Waals surface area (Å²) in [6.45, 7) is 0. The fraction of sp³-hybridized carbons (Fsp3) is 0.0588. The summed E-state index contributed by atoms with van der Waals surface area (Å²) in [5.74, 6) is 1.15. The number of carbonyl (C=O) groups excluding carboxylic acids is 1. The molecule has 0 aliphatic carbocycles. The Kier molecular flexibility index (Phi) is 4.24. The summed E-state index contributed by atoms with van der Waals surface area (Å²) in [6.07, 6.45) is 3.09. The third-order valence-electron chi connectivity index (χ3n) is 3.13. The largest absolute Gasteiger partial charge is 0.497 e. The molecule has 2 heterocycles. The Balaban J connectivity index is 1.63. The molecule has 0 bridgehead atoms. The van der Waals surface area contributed by atoms with Crippen LogP contribution in [0.4, 0.5) is 17.2 Å². The van der Waals surface area contributed by atoms with Gasteiger partial charge >= 0.3 is 0 Å². The zero-order chi connectivity index (χ0) is 16.1. The number of pyridine rings is 1. The number of hydrogen-bond donors (Lipinski definition) is 2. The monoisotopic (exact) mass is 309 g/mol. The summed E-state index contributed by atoms with van der Waals surface area (Å²) in [6, 6.07) is 14.3. The average Bonchev–Trinajstić information content (AvgIpc) is 3.12. The highest BCUT2D eigenvalue weighted by Gasteiger charge is 2.09. The molecule has 0 spiro atoms. The summed E-state index contributed by atoms with van der Waals surface area (Å²) in [7, 11) is 1.63. The van der Waals surface area contributed by atoms with Crippen molar-refractivity contribution in [2.75, 3.05) is 17.7 Å². The van der Waals surface area contributed by atoms with Crippen LogP contribution in [0.25, 0.3) is 0 Å².